The number of para-hydroxylation sites is 2. The number of fused-ring (bicyclic) bond motifs is 8. The first-order valence-corrected chi connectivity index (χ1v) is 17.9. The number of aryl methyl sites for hydroxylation is 2. The lowest BCUT2D eigenvalue weighted by atomic mass is 9.79. The Morgan fingerprint density at radius 3 is 1.39 bits per heavy atom. The lowest BCUT2D eigenvalue weighted by molar-refractivity contribution is 0.666. The number of hydrogen-bond donors (Lipinski definition) is 0. The van der Waals surface area contributed by atoms with Gasteiger partial charge < -0.3 is 9.80 Å². The molecule has 0 amide bonds. The van der Waals surface area contributed by atoms with Gasteiger partial charge in [0.2, 0.25) is 0 Å². The average Bonchev–Trinajstić information content (AvgIpc) is 3.40. The molecular formula is C49H40N2. The third-order valence-corrected chi connectivity index (χ3v) is 10.7. The van der Waals surface area contributed by atoms with E-state index in [0.29, 0.717) is 0 Å². The number of nitrogens with zero attached hydrogens (tertiary/aromatic N) is 2. The molecule has 0 bridgehead atoms. The molecule has 2 heteroatoms. The van der Waals surface area contributed by atoms with Gasteiger partial charge in [-0.1, -0.05) is 122 Å². The molecule has 0 aliphatic heterocycles. The minimum absolute atomic E-state index is 0.226. The van der Waals surface area contributed by atoms with Crippen molar-refractivity contribution in [3.8, 4) is 11.1 Å². The van der Waals surface area contributed by atoms with Crippen molar-refractivity contribution in [1.29, 1.82) is 0 Å². The minimum Gasteiger partial charge on any atom is -0.310 e. The fourth-order valence-electron chi connectivity index (χ4n) is 8.22. The highest BCUT2D eigenvalue weighted by Crippen LogP contribution is 2.56. The molecule has 1 aliphatic rings. The Hall–Kier alpha value is -6.12. The zero-order chi connectivity index (χ0) is 34.7. The van der Waals surface area contributed by atoms with Crippen molar-refractivity contribution in [2.24, 2.45) is 0 Å². The molecule has 9 rings (SSSR count). The first kappa shape index (κ1) is 30.9. The van der Waals surface area contributed by atoms with Crippen LogP contribution in [0.2, 0.25) is 0 Å². The van der Waals surface area contributed by atoms with Crippen LogP contribution < -0.4 is 9.80 Å². The summed E-state index contributed by atoms with van der Waals surface area (Å²) in [7, 11) is 0. The summed E-state index contributed by atoms with van der Waals surface area (Å²) in [5, 5.41) is 5.17. The number of hydrogen-bond acceptors (Lipinski definition) is 2. The monoisotopic (exact) mass is 656 g/mol. The van der Waals surface area contributed by atoms with E-state index in [1.807, 2.05) is 0 Å². The number of rotatable bonds is 6. The van der Waals surface area contributed by atoms with Gasteiger partial charge in [0.25, 0.3) is 0 Å². The Kier molecular flexibility index (Phi) is 7.29. The van der Waals surface area contributed by atoms with Crippen molar-refractivity contribution in [3.05, 3.63) is 192 Å². The van der Waals surface area contributed by atoms with Crippen LogP contribution in [0, 0.1) is 13.8 Å². The van der Waals surface area contributed by atoms with Crippen LogP contribution in [0.4, 0.5) is 34.1 Å². The first-order valence-electron chi connectivity index (χ1n) is 17.9. The Morgan fingerprint density at radius 2 is 0.824 bits per heavy atom. The average molecular weight is 657 g/mol. The predicted octanol–water partition coefficient (Wildman–Crippen LogP) is 13.9. The van der Waals surface area contributed by atoms with Crippen molar-refractivity contribution in [2.75, 3.05) is 9.80 Å². The molecule has 0 heterocycles. The molecule has 51 heavy (non-hydrogen) atoms. The Labute approximate surface area is 300 Å². The zero-order valence-corrected chi connectivity index (χ0v) is 29.6. The summed E-state index contributed by atoms with van der Waals surface area (Å²) in [5.41, 5.74) is 14.6. The van der Waals surface area contributed by atoms with Crippen LogP contribution in [0.3, 0.4) is 0 Å². The maximum atomic E-state index is 2.44. The van der Waals surface area contributed by atoms with Crippen molar-refractivity contribution in [3.63, 3.8) is 0 Å². The smallest absolute Gasteiger partial charge is 0.0468 e. The molecule has 246 valence electrons. The summed E-state index contributed by atoms with van der Waals surface area (Å²) < 4.78 is 0. The van der Waals surface area contributed by atoms with E-state index < -0.39 is 0 Å². The maximum Gasteiger partial charge on any atom is 0.0468 e. The topological polar surface area (TPSA) is 6.48 Å². The third-order valence-electron chi connectivity index (χ3n) is 10.7. The van der Waals surface area contributed by atoms with Crippen LogP contribution in [-0.4, -0.2) is 0 Å². The molecule has 8 aromatic rings. The van der Waals surface area contributed by atoms with Crippen LogP contribution in [0.15, 0.2) is 170 Å². The fourth-order valence-corrected chi connectivity index (χ4v) is 8.22. The Bertz CT molecular complexity index is 2550. The molecule has 0 radical (unpaired) electrons. The second-order valence-electron chi connectivity index (χ2n) is 14.4. The molecule has 0 saturated carbocycles. The van der Waals surface area contributed by atoms with E-state index in [-0.39, 0.29) is 5.41 Å². The quantitative estimate of drug-likeness (QED) is 0.164. The van der Waals surface area contributed by atoms with Gasteiger partial charge in [-0.25, -0.2) is 0 Å². The standard InChI is InChI=1S/C49H40N2/c1-33-19-23-37(24-20-33)50(35-13-7-5-8-14-35)39-27-29-43-45(31-39)41-17-11-12-18-42(41)47-44-30-28-40(32-46(44)49(3,4)48(43)47)51(36-15-9-6-10-16-36)38-25-21-34(2)22-26-38/h5-32H,1-4H3. The van der Waals surface area contributed by atoms with E-state index in [9.17, 15) is 0 Å². The third kappa shape index (κ3) is 5.10. The molecular weight excluding hydrogens is 617 g/mol. The van der Waals surface area contributed by atoms with Crippen molar-refractivity contribution >= 4 is 55.7 Å². The van der Waals surface area contributed by atoms with Crippen LogP contribution >= 0.6 is 0 Å². The lowest BCUT2D eigenvalue weighted by Crippen LogP contribution is -2.17. The predicted molar refractivity (Wildman–Crippen MR) is 218 cm³/mol. The molecule has 0 aromatic heterocycles. The largest absolute Gasteiger partial charge is 0.310 e. The lowest BCUT2D eigenvalue weighted by Gasteiger charge is -2.29. The normalized spacial score (nSPS) is 12.9. The van der Waals surface area contributed by atoms with Crippen LogP contribution in [0.5, 0.6) is 0 Å². The van der Waals surface area contributed by atoms with Crippen LogP contribution in [-0.2, 0) is 5.41 Å². The van der Waals surface area contributed by atoms with Crippen LogP contribution in [0.25, 0.3) is 32.7 Å². The van der Waals surface area contributed by atoms with E-state index in [2.05, 4.69) is 207 Å². The van der Waals surface area contributed by atoms with Crippen molar-refractivity contribution in [1.82, 2.24) is 0 Å². The summed E-state index contributed by atoms with van der Waals surface area (Å²) in [6.45, 7) is 9.10. The molecule has 8 aromatic carbocycles. The van der Waals surface area contributed by atoms with E-state index >= 15 is 0 Å². The first-order chi connectivity index (χ1) is 24.9. The van der Waals surface area contributed by atoms with Gasteiger partial charge in [0.1, 0.15) is 0 Å². The molecule has 0 atom stereocenters. The van der Waals surface area contributed by atoms with Gasteiger partial charge in [-0.15, -0.1) is 0 Å². The molecule has 0 unspecified atom stereocenters. The molecule has 2 nitrogen and oxygen atoms in total. The van der Waals surface area contributed by atoms with E-state index in [1.54, 1.807) is 0 Å². The fraction of sp³-hybridized carbons (Fsp3) is 0.102. The van der Waals surface area contributed by atoms with Crippen molar-refractivity contribution in [2.45, 2.75) is 33.1 Å². The maximum absolute atomic E-state index is 2.44. The van der Waals surface area contributed by atoms with Gasteiger partial charge in [0.15, 0.2) is 0 Å². The Morgan fingerprint density at radius 1 is 0.373 bits per heavy atom. The van der Waals surface area contributed by atoms with Gasteiger partial charge in [-0.05, 0) is 130 Å². The Balaban J connectivity index is 1.25. The van der Waals surface area contributed by atoms with Crippen LogP contribution in [0.1, 0.15) is 36.1 Å². The highest BCUT2D eigenvalue weighted by Gasteiger charge is 2.39. The molecule has 1 aliphatic carbocycles. The highest BCUT2D eigenvalue weighted by molar-refractivity contribution is 6.19. The van der Waals surface area contributed by atoms with Gasteiger partial charge in [0, 0.05) is 39.5 Å². The van der Waals surface area contributed by atoms with Crippen molar-refractivity contribution < 1.29 is 0 Å². The molecule has 0 N–H and O–H groups in total. The van der Waals surface area contributed by atoms with Gasteiger partial charge in [-0.2, -0.15) is 0 Å². The molecule has 0 fully saturated rings. The summed E-state index contributed by atoms with van der Waals surface area (Å²) in [5.74, 6) is 0. The summed E-state index contributed by atoms with van der Waals surface area (Å²) >= 11 is 0. The summed E-state index contributed by atoms with van der Waals surface area (Å²) in [6, 6.07) is 62.3. The van der Waals surface area contributed by atoms with E-state index in [0.717, 1.165) is 34.1 Å². The van der Waals surface area contributed by atoms with Gasteiger partial charge in [0.05, 0.1) is 0 Å². The summed E-state index contributed by atoms with van der Waals surface area (Å²) in [6.07, 6.45) is 0. The number of benzene rings is 8. The minimum atomic E-state index is -0.226. The zero-order valence-electron chi connectivity index (χ0n) is 29.6. The van der Waals surface area contributed by atoms with Gasteiger partial charge in [-0.3, -0.25) is 0 Å². The van der Waals surface area contributed by atoms with E-state index in [4.69, 9.17) is 0 Å². The van der Waals surface area contributed by atoms with Gasteiger partial charge >= 0.3 is 0 Å². The molecule has 0 spiro atoms. The number of anilines is 6. The summed E-state index contributed by atoms with van der Waals surface area (Å²) in [4.78, 5) is 4.75. The molecule has 0 saturated heterocycles. The SMILES string of the molecule is Cc1ccc(N(c2ccccc2)c2ccc3c(c2)C(C)(C)c2c-3c3ccccc3c3cc(N(c4ccccc4)c4ccc(C)cc4)ccc23)cc1. The second kappa shape index (κ2) is 12.0. The van der Waals surface area contributed by atoms with E-state index in [1.165, 1.54) is 54.9 Å². The second-order valence-corrected chi connectivity index (χ2v) is 14.4. The highest BCUT2D eigenvalue weighted by atomic mass is 15.1.